The maximum absolute atomic E-state index is 13.0. The van der Waals surface area contributed by atoms with Crippen LogP contribution in [0.1, 0.15) is 22.1 Å². The van der Waals surface area contributed by atoms with E-state index in [0.717, 1.165) is 11.1 Å². The molecule has 0 bridgehead atoms. The van der Waals surface area contributed by atoms with Crippen molar-refractivity contribution in [3.63, 3.8) is 0 Å². The third-order valence-corrected chi connectivity index (χ3v) is 5.72. The lowest BCUT2D eigenvalue weighted by Crippen LogP contribution is -2.32. The molecule has 1 amide bonds. The molecule has 1 aromatic carbocycles. The number of nitrogens with zero attached hydrogens (tertiary/aromatic N) is 4. The summed E-state index contributed by atoms with van der Waals surface area (Å²) in [5.74, 6) is 1.13. The zero-order chi connectivity index (χ0) is 21.8. The van der Waals surface area contributed by atoms with Gasteiger partial charge in [0.2, 0.25) is 0 Å². The van der Waals surface area contributed by atoms with Crippen molar-refractivity contribution in [1.29, 1.82) is 0 Å². The van der Waals surface area contributed by atoms with Crippen molar-refractivity contribution in [2.45, 2.75) is 6.04 Å². The van der Waals surface area contributed by atoms with Gasteiger partial charge in [-0.25, -0.2) is 0 Å². The smallest absolute Gasteiger partial charge is 0.269 e. The fourth-order valence-corrected chi connectivity index (χ4v) is 4.11. The number of nitrogens with one attached hydrogen (secondary N) is 1. The van der Waals surface area contributed by atoms with Crippen molar-refractivity contribution in [1.82, 2.24) is 24.9 Å². The first-order valence-corrected chi connectivity index (χ1v) is 10.6. The molecule has 0 aliphatic rings. The van der Waals surface area contributed by atoms with Crippen LogP contribution in [-0.2, 0) is 7.05 Å². The van der Waals surface area contributed by atoms with E-state index in [1.165, 1.54) is 0 Å². The quantitative estimate of drug-likeness (QED) is 0.457. The number of hydrogen-bond donors (Lipinski definition) is 1. The fourth-order valence-electron chi connectivity index (χ4n) is 3.40. The monoisotopic (exact) mass is 437 g/mol. The highest BCUT2D eigenvalue weighted by Gasteiger charge is 2.20. The molecule has 9 heteroatoms. The van der Waals surface area contributed by atoms with Gasteiger partial charge in [0.05, 0.1) is 26.0 Å². The first kappa shape index (κ1) is 20.7. The van der Waals surface area contributed by atoms with E-state index in [9.17, 15) is 4.79 Å². The van der Waals surface area contributed by atoms with Gasteiger partial charge in [-0.15, -0.1) is 0 Å². The summed E-state index contributed by atoms with van der Waals surface area (Å²) in [6, 6.07) is 11.1. The number of benzene rings is 1. The first-order valence-electron chi connectivity index (χ1n) is 9.66. The van der Waals surface area contributed by atoms with Gasteiger partial charge in [-0.1, -0.05) is 0 Å². The number of ether oxygens (including phenoxy) is 2. The molecule has 1 N–H and O–H groups in total. The molecule has 0 spiro atoms. The number of rotatable bonds is 8. The number of aryl methyl sites for hydroxylation is 1. The van der Waals surface area contributed by atoms with Crippen LogP contribution >= 0.6 is 11.3 Å². The first-order chi connectivity index (χ1) is 15.1. The summed E-state index contributed by atoms with van der Waals surface area (Å²) < 4.78 is 14.2. The molecular formula is C22H23N5O3S. The van der Waals surface area contributed by atoms with Gasteiger partial charge in [-0.3, -0.25) is 14.2 Å². The van der Waals surface area contributed by atoms with E-state index in [1.807, 2.05) is 46.6 Å². The molecule has 3 heterocycles. The van der Waals surface area contributed by atoms with Gasteiger partial charge in [-0.2, -0.15) is 21.5 Å². The van der Waals surface area contributed by atoms with Gasteiger partial charge in [0.15, 0.2) is 0 Å². The van der Waals surface area contributed by atoms with Crippen LogP contribution in [0, 0.1) is 0 Å². The summed E-state index contributed by atoms with van der Waals surface area (Å²) >= 11 is 1.62. The van der Waals surface area contributed by atoms with E-state index in [1.54, 1.807) is 49.5 Å². The van der Waals surface area contributed by atoms with Gasteiger partial charge in [0, 0.05) is 31.5 Å². The zero-order valence-corrected chi connectivity index (χ0v) is 18.3. The normalized spacial score (nSPS) is 11.8. The molecule has 8 nitrogen and oxygen atoms in total. The Labute approximate surface area is 184 Å². The molecule has 4 rings (SSSR count). The molecular weight excluding hydrogens is 414 g/mol. The number of aromatic nitrogens is 4. The number of carbonyl (C=O) groups is 1. The minimum Gasteiger partial charge on any atom is -0.497 e. The van der Waals surface area contributed by atoms with Crippen molar-refractivity contribution < 1.29 is 14.3 Å². The lowest BCUT2D eigenvalue weighted by molar-refractivity contribution is 0.0940. The van der Waals surface area contributed by atoms with E-state index in [0.29, 0.717) is 29.4 Å². The molecule has 31 heavy (non-hydrogen) atoms. The molecule has 4 aromatic rings. The average molecular weight is 438 g/mol. The minimum atomic E-state index is -0.213. The Morgan fingerprint density at radius 3 is 2.77 bits per heavy atom. The standard InChI is InChI=1S/C22H23N5O3S/c1-26-19(12-18(25-26)17-11-16(29-2)5-6-21(17)30-3)22(28)23-13-20(15-7-10-31-14-15)27-9-4-8-24-27/h4-12,14,20H,13H2,1-3H3,(H,23,28). The third-order valence-electron chi connectivity index (χ3n) is 5.02. The lowest BCUT2D eigenvalue weighted by atomic mass is 10.1. The topological polar surface area (TPSA) is 83.2 Å². The van der Waals surface area contributed by atoms with Crippen LogP contribution in [0.4, 0.5) is 0 Å². The summed E-state index contributed by atoms with van der Waals surface area (Å²) in [5, 5.41) is 16.0. The summed E-state index contributed by atoms with van der Waals surface area (Å²) in [4.78, 5) is 13.0. The van der Waals surface area contributed by atoms with Crippen molar-refractivity contribution in [3.05, 3.63) is 70.8 Å². The molecule has 1 unspecified atom stereocenters. The van der Waals surface area contributed by atoms with Crippen LogP contribution in [0.3, 0.4) is 0 Å². The Bertz CT molecular complexity index is 1120. The van der Waals surface area contributed by atoms with Crippen LogP contribution in [0.2, 0.25) is 0 Å². The van der Waals surface area contributed by atoms with Gasteiger partial charge >= 0.3 is 0 Å². The number of carbonyl (C=O) groups excluding carboxylic acids is 1. The highest BCUT2D eigenvalue weighted by atomic mass is 32.1. The number of amides is 1. The van der Waals surface area contributed by atoms with E-state index < -0.39 is 0 Å². The van der Waals surface area contributed by atoms with Crippen LogP contribution < -0.4 is 14.8 Å². The largest absolute Gasteiger partial charge is 0.497 e. The van der Waals surface area contributed by atoms with Crippen molar-refractivity contribution >= 4 is 17.2 Å². The Balaban J connectivity index is 1.56. The van der Waals surface area contributed by atoms with Crippen LogP contribution in [0.25, 0.3) is 11.3 Å². The van der Waals surface area contributed by atoms with E-state index in [2.05, 4.69) is 20.9 Å². The molecule has 0 saturated heterocycles. The van der Waals surface area contributed by atoms with Gasteiger partial charge in [-0.05, 0) is 52.7 Å². The molecule has 0 aliphatic carbocycles. The van der Waals surface area contributed by atoms with Crippen LogP contribution in [0.5, 0.6) is 11.5 Å². The average Bonchev–Trinajstić information content (AvgIpc) is 3.56. The summed E-state index contributed by atoms with van der Waals surface area (Å²) in [7, 11) is 4.95. The molecule has 3 aromatic heterocycles. The fraction of sp³-hybridized carbons (Fsp3) is 0.227. The minimum absolute atomic E-state index is 0.0867. The van der Waals surface area contributed by atoms with E-state index in [-0.39, 0.29) is 11.9 Å². The Kier molecular flexibility index (Phi) is 6.03. The van der Waals surface area contributed by atoms with Crippen molar-refractivity contribution in [2.24, 2.45) is 7.05 Å². The summed E-state index contributed by atoms with van der Waals surface area (Å²) in [5.41, 5.74) is 2.93. The second-order valence-corrected chi connectivity index (χ2v) is 7.65. The molecule has 160 valence electrons. The maximum atomic E-state index is 13.0. The second kappa shape index (κ2) is 9.05. The van der Waals surface area contributed by atoms with Gasteiger partial charge in [0.1, 0.15) is 17.2 Å². The summed E-state index contributed by atoms with van der Waals surface area (Å²) in [6.07, 6.45) is 3.63. The van der Waals surface area contributed by atoms with Gasteiger partial charge in [0.25, 0.3) is 5.91 Å². The lowest BCUT2D eigenvalue weighted by Gasteiger charge is -2.17. The number of thiophene rings is 1. The van der Waals surface area contributed by atoms with E-state index in [4.69, 9.17) is 9.47 Å². The highest BCUT2D eigenvalue weighted by Crippen LogP contribution is 2.33. The molecule has 1 atom stereocenters. The Morgan fingerprint density at radius 2 is 2.10 bits per heavy atom. The predicted molar refractivity (Wildman–Crippen MR) is 119 cm³/mol. The van der Waals surface area contributed by atoms with Crippen LogP contribution in [0.15, 0.2) is 59.6 Å². The Hall–Kier alpha value is -3.59. The molecule has 0 saturated carbocycles. The molecule has 0 aliphatic heterocycles. The van der Waals surface area contributed by atoms with Crippen LogP contribution in [-0.4, -0.2) is 46.2 Å². The number of hydrogen-bond acceptors (Lipinski definition) is 6. The maximum Gasteiger partial charge on any atom is 0.269 e. The Morgan fingerprint density at radius 1 is 1.23 bits per heavy atom. The molecule has 0 fully saturated rings. The third kappa shape index (κ3) is 4.31. The van der Waals surface area contributed by atoms with Gasteiger partial charge < -0.3 is 14.8 Å². The molecule has 0 radical (unpaired) electrons. The predicted octanol–water partition coefficient (Wildman–Crippen LogP) is 3.38. The zero-order valence-electron chi connectivity index (χ0n) is 17.5. The number of methoxy groups -OCH3 is 2. The van der Waals surface area contributed by atoms with Crippen molar-refractivity contribution in [2.75, 3.05) is 20.8 Å². The van der Waals surface area contributed by atoms with E-state index >= 15 is 0 Å². The second-order valence-electron chi connectivity index (χ2n) is 6.87. The summed E-state index contributed by atoms with van der Waals surface area (Å²) in [6.45, 7) is 0.403. The SMILES string of the molecule is COc1ccc(OC)c(-c2cc(C(=O)NCC(c3ccsc3)n3cccn3)n(C)n2)c1. The highest BCUT2D eigenvalue weighted by molar-refractivity contribution is 7.08. The van der Waals surface area contributed by atoms with Crippen molar-refractivity contribution in [3.8, 4) is 22.8 Å².